The monoisotopic (exact) mass is 351 g/mol. The predicted octanol–water partition coefficient (Wildman–Crippen LogP) is 3.24. The summed E-state index contributed by atoms with van der Waals surface area (Å²) in [6, 6.07) is 6.68. The van der Waals surface area contributed by atoms with E-state index < -0.39 is 0 Å². The topological polar surface area (TPSA) is 67.2 Å². The molecule has 0 radical (unpaired) electrons. The van der Waals surface area contributed by atoms with Gasteiger partial charge in [0.1, 0.15) is 5.75 Å². The smallest absolute Gasteiger partial charge is 0.229 e. The Morgan fingerprint density at radius 3 is 2.67 bits per heavy atom. The van der Waals surface area contributed by atoms with E-state index in [0.717, 1.165) is 15.9 Å². The summed E-state index contributed by atoms with van der Waals surface area (Å²) in [6.45, 7) is 6.19. The number of aromatic hydroxyl groups is 1. The van der Waals surface area contributed by atoms with Crippen LogP contribution in [0.5, 0.6) is 5.75 Å². The van der Waals surface area contributed by atoms with Crippen molar-refractivity contribution >= 4 is 27.5 Å². The first kappa shape index (κ1) is 15.6. The van der Waals surface area contributed by atoms with Gasteiger partial charge in [-0.1, -0.05) is 19.1 Å². The Balaban J connectivity index is 2.06. The third kappa shape index (κ3) is 3.44. The van der Waals surface area contributed by atoms with Gasteiger partial charge in [0.05, 0.1) is 28.3 Å². The lowest BCUT2D eigenvalue weighted by molar-refractivity contribution is -0.119. The van der Waals surface area contributed by atoms with Gasteiger partial charge in [-0.3, -0.25) is 9.48 Å². The molecule has 0 aliphatic rings. The number of hydrogen-bond acceptors (Lipinski definition) is 3. The number of phenols is 1. The van der Waals surface area contributed by atoms with Gasteiger partial charge in [-0.2, -0.15) is 5.10 Å². The van der Waals surface area contributed by atoms with E-state index in [1.54, 1.807) is 24.3 Å². The summed E-state index contributed by atoms with van der Waals surface area (Å²) >= 11 is 3.47. The molecule has 0 aliphatic carbocycles. The second-order valence-electron chi connectivity index (χ2n) is 5.07. The summed E-state index contributed by atoms with van der Waals surface area (Å²) in [5.41, 5.74) is 2.32. The van der Waals surface area contributed by atoms with Crippen LogP contribution >= 0.6 is 15.9 Å². The van der Waals surface area contributed by atoms with E-state index in [0.29, 0.717) is 12.2 Å². The highest BCUT2D eigenvalue weighted by atomic mass is 79.9. The van der Waals surface area contributed by atoms with Gasteiger partial charge in [0.25, 0.3) is 0 Å². The van der Waals surface area contributed by atoms with Crippen LogP contribution in [0.3, 0.4) is 0 Å². The minimum atomic E-state index is -0.269. The van der Waals surface area contributed by atoms with Crippen molar-refractivity contribution in [3.8, 4) is 5.75 Å². The van der Waals surface area contributed by atoms with Gasteiger partial charge in [0, 0.05) is 5.69 Å². The largest absolute Gasteiger partial charge is 0.506 e. The van der Waals surface area contributed by atoms with Crippen molar-refractivity contribution in [1.29, 1.82) is 0 Å². The average molecular weight is 352 g/mol. The molecule has 0 bridgehead atoms. The summed E-state index contributed by atoms with van der Waals surface area (Å²) < 4.78 is 2.78. The van der Waals surface area contributed by atoms with Gasteiger partial charge in [0.15, 0.2) is 0 Å². The zero-order valence-electron chi connectivity index (χ0n) is 12.2. The van der Waals surface area contributed by atoms with Crippen molar-refractivity contribution in [3.05, 3.63) is 40.1 Å². The van der Waals surface area contributed by atoms with Crippen molar-refractivity contribution in [2.75, 3.05) is 5.32 Å². The summed E-state index contributed by atoms with van der Waals surface area (Å²) in [5.74, 6) is -0.360. The molecule has 2 aromatic rings. The highest BCUT2D eigenvalue weighted by Crippen LogP contribution is 2.23. The number of para-hydroxylation sites is 2. The number of carbonyl (C=O) groups is 1. The fourth-order valence-electron chi connectivity index (χ4n) is 2.03. The lowest BCUT2D eigenvalue weighted by Crippen LogP contribution is -2.25. The number of rotatable bonds is 4. The Hall–Kier alpha value is -1.82. The summed E-state index contributed by atoms with van der Waals surface area (Å²) in [4.78, 5) is 12.2. The molecule has 1 amide bonds. The number of phenolic OH excluding ortho intramolecular Hbond substituents is 1. The van der Waals surface area contributed by atoms with Crippen LogP contribution in [0, 0.1) is 19.8 Å². The molecule has 1 unspecified atom stereocenters. The summed E-state index contributed by atoms with van der Waals surface area (Å²) in [5, 5.41) is 16.8. The highest BCUT2D eigenvalue weighted by molar-refractivity contribution is 9.10. The lowest BCUT2D eigenvalue weighted by Gasteiger charge is -2.14. The minimum Gasteiger partial charge on any atom is -0.506 e. The lowest BCUT2D eigenvalue weighted by atomic mass is 10.1. The van der Waals surface area contributed by atoms with Crippen LogP contribution < -0.4 is 5.32 Å². The Morgan fingerprint density at radius 1 is 1.43 bits per heavy atom. The number of amides is 1. The van der Waals surface area contributed by atoms with Crippen molar-refractivity contribution in [2.24, 2.45) is 5.92 Å². The van der Waals surface area contributed by atoms with Gasteiger partial charge < -0.3 is 10.4 Å². The van der Waals surface area contributed by atoms with Gasteiger partial charge in [-0.05, 0) is 41.9 Å². The third-order valence-corrected chi connectivity index (χ3v) is 4.50. The molecule has 5 nitrogen and oxygen atoms in total. The first-order valence-corrected chi connectivity index (χ1v) is 7.47. The van der Waals surface area contributed by atoms with Gasteiger partial charge in [0.2, 0.25) is 5.91 Å². The Bertz CT molecular complexity index is 667. The van der Waals surface area contributed by atoms with E-state index in [4.69, 9.17) is 0 Å². The second kappa shape index (κ2) is 6.30. The van der Waals surface area contributed by atoms with Crippen LogP contribution in [0.4, 0.5) is 5.69 Å². The Morgan fingerprint density at radius 2 is 2.10 bits per heavy atom. The first-order valence-electron chi connectivity index (χ1n) is 6.68. The molecular weight excluding hydrogens is 334 g/mol. The van der Waals surface area contributed by atoms with Crippen molar-refractivity contribution in [1.82, 2.24) is 9.78 Å². The maximum Gasteiger partial charge on any atom is 0.229 e. The molecule has 2 rings (SSSR count). The number of nitrogens with zero attached hydrogens (tertiary/aromatic N) is 2. The van der Waals surface area contributed by atoms with E-state index in [9.17, 15) is 9.90 Å². The van der Waals surface area contributed by atoms with E-state index in [1.165, 1.54) is 0 Å². The van der Waals surface area contributed by atoms with Crippen molar-refractivity contribution in [3.63, 3.8) is 0 Å². The van der Waals surface area contributed by atoms with Crippen LogP contribution in [-0.2, 0) is 11.3 Å². The third-order valence-electron chi connectivity index (χ3n) is 3.35. The number of anilines is 1. The standard InChI is InChI=1S/C15H18BrN3O2/c1-9(8-19-11(3)14(16)10(2)18-19)15(21)17-12-6-4-5-7-13(12)20/h4-7,9,20H,8H2,1-3H3,(H,17,21). The number of nitrogens with one attached hydrogen (secondary N) is 1. The molecule has 21 heavy (non-hydrogen) atoms. The van der Waals surface area contributed by atoms with E-state index in [2.05, 4.69) is 26.3 Å². The Kier molecular flexibility index (Phi) is 4.67. The molecule has 0 saturated heterocycles. The molecule has 0 saturated carbocycles. The molecule has 6 heteroatoms. The molecular formula is C15H18BrN3O2. The predicted molar refractivity (Wildman–Crippen MR) is 85.3 cm³/mol. The van der Waals surface area contributed by atoms with E-state index >= 15 is 0 Å². The minimum absolute atomic E-state index is 0.0620. The molecule has 1 heterocycles. The number of aryl methyl sites for hydroxylation is 1. The average Bonchev–Trinajstić information content (AvgIpc) is 2.68. The Labute approximate surface area is 132 Å². The van der Waals surface area contributed by atoms with E-state index in [-0.39, 0.29) is 17.6 Å². The first-order chi connectivity index (χ1) is 9.90. The highest BCUT2D eigenvalue weighted by Gasteiger charge is 2.18. The van der Waals surface area contributed by atoms with Gasteiger partial charge in [-0.15, -0.1) is 0 Å². The maximum atomic E-state index is 12.2. The van der Waals surface area contributed by atoms with Crippen LogP contribution in [0.2, 0.25) is 0 Å². The molecule has 112 valence electrons. The van der Waals surface area contributed by atoms with Crippen LogP contribution in [0.25, 0.3) is 0 Å². The van der Waals surface area contributed by atoms with Crippen LogP contribution in [0.15, 0.2) is 28.7 Å². The number of benzene rings is 1. The molecule has 0 aliphatic heterocycles. The SMILES string of the molecule is Cc1nn(CC(C)C(=O)Nc2ccccc2O)c(C)c1Br. The zero-order chi connectivity index (χ0) is 15.6. The molecule has 1 aromatic carbocycles. The van der Waals surface area contributed by atoms with Crippen molar-refractivity contribution in [2.45, 2.75) is 27.3 Å². The summed E-state index contributed by atoms with van der Waals surface area (Å²) in [6.07, 6.45) is 0. The zero-order valence-corrected chi connectivity index (χ0v) is 13.8. The maximum absolute atomic E-state index is 12.2. The number of hydrogen-bond donors (Lipinski definition) is 2. The van der Waals surface area contributed by atoms with Crippen LogP contribution in [-0.4, -0.2) is 20.8 Å². The number of halogens is 1. The normalized spacial score (nSPS) is 12.2. The fraction of sp³-hybridized carbons (Fsp3) is 0.333. The fourth-order valence-corrected chi connectivity index (χ4v) is 2.31. The van der Waals surface area contributed by atoms with Gasteiger partial charge in [-0.25, -0.2) is 0 Å². The molecule has 2 N–H and O–H groups in total. The molecule has 0 fully saturated rings. The number of aromatic nitrogens is 2. The number of carbonyl (C=O) groups excluding carboxylic acids is 1. The van der Waals surface area contributed by atoms with E-state index in [1.807, 2.05) is 25.5 Å². The second-order valence-corrected chi connectivity index (χ2v) is 5.87. The molecule has 1 aromatic heterocycles. The van der Waals surface area contributed by atoms with Crippen molar-refractivity contribution < 1.29 is 9.90 Å². The summed E-state index contributed by atoms with van der Waals surface area (Å²) in [7, 11) is 0. The van der Waals surface area contributed by atoms with Crippen LogP contribution in [0.1, 0.15) is 18.3 Å². The van der Waals surface area contributed by atoms with Gasteiger partial charge >= 0.3 is 0 Å². The quantitative estimate of drug-likeness (QED) is 0.830. The molecule has 1 atom stereocenters. The molecule has 0 spiro atoms.